The summed E-state index contributed by atoms with van der Waals surface area (Å²) in [5.41, 5.74) is 3.33. The van der Waals surface area contributed by atoms with Crippen molar-refractivity contribution in [2.75, 3.05) is 31.6 Å². The van der Waals surface area contributed by atoms with E-state index in [2.05, 4.69) is 43.4 Å². The van der Waals surface area contributed by atoms with Gasteiger partial charge in [-0.25, -0.2) is 9.97 Å². The maximum Gasteiger partial charge on any atom is 0.188 e. The van der Waals surface area contributed by atoms with E-state index in [-0.39, 0.29) is 0 Å². The van der Waals surface area contributed by atoms with Crippen LogP contribution >= 0.6 is 11.3 Å². The summed E-state index contributed by atoms with van der Waals surface area (Å²) in [5.74, 6) is 0.818. The largest absolute Gasteiger partial charge is 0.379 e. The molecule has 1 aliphatic rings. The number of aryl methyl sites for hydroxylation is 1. The second-order valence-corrected chi connectivity index (χ2v) is 7.31. The summed E-state index contributed by atoms with van der Waals surface area (Å²) in [6.07, 6.45) is 5.60. The van der Waals surface area contributed by atoms with E-state index in [0.717, 1.165) is 59.9 Å². The zero-order valence-electron chi connectivity index (χ0n) is 14.7. The number of morpholine rings is 1. The Hall–Kier alpha value is -2.35. The average molecular weight is 367 g/mol. The second-order valence-electron chi connectivity index (χ2n) is 6.28. The van der Waals surface area contributed by atoms with Gasteiger partial charge in [0, 0.05) is 49.5 Å². The smallest absolute Gasteiger partial charge is 0.188 e. The summed E-state index contributed by atoms with van der Waals surface area (Å²) in [5, 5.41) is 4.15. The summed E-state index contributed by atoms with van der Waals surface area (Å²) in [7, 11) is 0. The van der Waals surface area contributed by atoms with Crippen molar-refractivity contribution < 1.29 is 4.74 Å². The molecule has 26 heavy (non-hydrogen) atoms. The third-order valence-corrected chi connectivity index (χ3v) is 5.23. The van der Waals surface area contributed by atoms with E-state index >= 15 is 0 Å². The molecule has 1 saturated heterocycles. The van der Waals surface area contributed by atoms with Gasteiger partial charge < -0.3 is 10.1 Å². The summed E-state index contributed by atoms with van der Waals surface area (Å²) >= 11 is 1.60. The number of anilines is 2. The monoisotopic (exact) mass is 367 g/mol. The van der Waals surface area contributed by atoms with Gasteiger partial charge in [0.05, 0.1) is 18.1 Å². The molecular formula is C19H21N5OS. The SMILES string of the molecule is Cc1ccc(-c2cnc(Nc3cc(CN4CCOCC4)ccn3)s2)cn1. The van der Waals surface area contributed by atoms with Crippen LogP contribution in [0, 0.1) is 6.92 Å². The minimum Gasteiger partial charge on any atom is -0.379 e. The fraction of sp³-hybridized carbons (Fsp3) is 0.316. The molecule has 1 fully saturated rings. The molecule has 0 saturated carbocycles. The Balaban J connectivity index is 1.44. The van der Waals surface area contributed by atoms with E-state index in [0.29, 0.717) is 0 Å². The number of thiazole rings is 1. The van der Waals surface area contributed by atoms with E-state index in [9.17, 15) is 0 Å². The molecule has 4 rings (SSSR count). The maximum absolute atomic E-state index is 5.41. The number of rotatable bonds is 5. The highest BCUT2D eigenvalue weighted by Crippen LogP contribution is 2.30. The van der Waals surface area contributed by atoms with Gasteiger partial charge >= 0.3 is 0 Å². The molecule has 0 spiro atoms. The van der Waals surface area contributed by atoms with Crippen LogP contribution in [0.2, 0.25) is 0 Å². The zero-order valence-corrected chi connectivity index (χ0v) is 15.5. The van der Waals surface area contributed by atoms with Crippen molar-refractivity contribution in [2.24, 2.45) is 0 Å². The Morgan fingerprint density at radius 1 is 1.12 bits per heavy atom. The number of ether oxygens (including phenoxy) is 1. The predicted octanol–water partition coefficient (Wildman–Crippen LogP) is 3.48. The second kappa shape index (κ2) is 7.90. The molecular weight excluding hydrogens is 346 g/mol. The Labute approximate surface area is 156 Å². The number of nitrogens with one attached hydrogen (secondary N) is 1. The first kappa shape index (κ1) is 17.1. The van der Waals surface area contributed by atoms with Gasteiger partial charge in [-0.2, -0.15) is 0 Å². The Morgan fingerprint density at radius 3 is 2.81 bits per heavy atom. The van der Waals surface area contributed by atoms with Crippen LogP contribution in [0.1, 0.15) is 11.3 Å². The van der Waals surface area contributed by atoms with Gasteiger partial charge in [0.2, 0.25) is 0 Å². The Morgan fingerprint density at radius 2 is 2.00 bits per heavy atom. The highest BCUT2D eigenvalue weighted by molar-refractivity contribution is 7.18. The number of nitrogens with zero attached hydrogens (tertiary/aromatic N) is 4. The molecule has 1 N–H and O–H groups in total. The minimum absolute atomic E-state index is 0.811. The van der Waals surface area contributed by atoms with Crippen LogP contribution in [-0.2, 0) is 11.3 Å². The van der Waals surface area contributed by atoms with Crippen molar-refractivity contribution in [1.29, 1.82) is 0 Å². The number of hydrogen-bond donors (Lipinski definition) is 1. The zero-order chi connectivity index (χ0) is 17.8. The highest BCUT2D eigenvalue weighted by Gasteiger charge is 2.11. The maximum atomic E-state index is 5.41. The molecule has 0 aromatic carbocycles. The van der Waals surface area contributed by atoms with Crippen molar-refractivity contribution >= 4 is 22.3 Å². The summed E-state index contributed by atoms with van der Waals surface area (Å²) in [6.45, 7) is 6.48. The van der Waals surface area contributed by atoms with E-state index in [1.54, 1.807) is 11.3 Å². The van der Waals surface area contributed by atoms with Crippen LogP contribution in [0.3, 0.4) is 0 Å². The first-order valence-corrected chi connectivity index (χ1v) is 9.49. The Kier molecular flexibility index (Phi) is 5.19. The van der Waals surface area contributed by atoms with Crippen LogP contribution in [0.5, 0.6) is 0 Å². The molecule has 3 aromatic heterocycles. The normalized spacial score (nSPS) is 15.1. The quantitative estimate of drug-likeness (QED) is 0.745. The molecule has 1 aliphatic heterocycles. The van der Waals surface area contributed by atoms with Crippen LogP contribution in [0.4, 0.5) is 10.9 Å². The fourth-order valence-electron chi connectivity index (χ4n) is 2.85. The molecule has 6 nitrogen and oxygen atoms in total. The lowest BCUT2D eigenvalue weighted by Gasteiger charge is -2.26. The van der Waals surface area contributed by atoms with Crippen molar-refractivity contribution in [3.05, 3.63) is 54.1 Å². The van der Waals surface area contributed by atoms with Crippen LogP contribution in [0.15, 0.2) is 42.9 Å². The molecule has 0 radical (unpaired) electrons. The fourth-order valence-corrected chi connectivity index (χ4v) is 3.66. The molecule has 134 valence electrons. The topological polar surface area (TPSA) is 63.2 Å². The Bertz CT molecular complexity index is 858. The lowest BCUT2D eigenvalue weighted by Crippen LogP contribution is -2.35. The molecule has 4 heterocycles. The number of aromatic nitrogens is 3. The standard InChI is InChI=1S/C19H21N5OS/c1-14-2-3-16(11-21-14)17-12-22-19(26-17)23-18-10-15(4-5-20-18)13-24-6-8-25-9-7-24/h2-5,10-12H,6-9,13H2,1H3,(H,20,22,23). The first-order chi connectivity index (χ1) is 12.8. The van der Waals surface area contributed by atoms with Gasteiger partial charge in [0.15, 0.2) is 5.13 Å². The molecule has 3 aromatic rings. The van der Waals surface area contributed by atoms with Crippen LogP contribution in [0.25, 0.3) is 10.4 Å². The van der Waals surface area contributed by atoms with Gasteiger partial charge in [-0.15, -0.1) is 0 Å². The number of pyridine rings is 2. The van der Waals surface area contributed by atoms with Gasteiger partial charge in [-0.3, -0.25) is 9.88 Å². The van der Waals surface area contributed by atoms with Gasteiger partial charge in [0.1, 0.15) is 5.82 Å². The average Bonchev–Trinajstić information content (AvgIpc) is 3.12. The van der Waals surface area contributed by atoms with Crippen molar-refractivity contribution in [3.63, 3.8) is 0 Å². The van der Waals surface area contributed by atoms with Gasteiger partial charge in [-0.1, -0.05) is 17.4 Å². The van der Waals surface area contributed by atoms with E-state index in [1.807, 2.05) is 31.6 Å². The van der Waals surface area contributed by atoms with Gasteiger partial charge in [-0.05, 0) is 30.7 Å². The van der Waals surface area contributed by atoms with Crippen molar-refractivity contribution in [2.45, 2.75) is 13.5 Å². The lowest BCUT2D eigenvalue weighted by atomic mass is 10.2. The molecule has 0 atom stereocenters. The van der Waals surface area contributed by atoms with E-state index in [1.165, 1.54) is 5.56 Å². The first-order valence-electron chi connectivity index (χ1n) is 8.67. The van der Waals surface area contributed by atoms with E-state index < -0.39 is 0 Å². The summed E-state index contributed by atoms with van der Waals surface area (Å²) < 4.78 is 5.41. The molecule has 0 bridgehead atoms. The third kappa shape index (κ3) is 4.24. The molecule has 7 heteroatoms. The van der Waals surface area contributed by atoms with Crippen LogP contribution in [-0.4, -0.2) is 46.2 Å². The molecule has 0 amide bonds. The summed E-state index contributed by atoms with van der Waals surface area (Å²) in [4.78, 5) is 16.7. The molecule has 0 aliphatic carbocycles. The summed E-state index contributed by atoms with van der Waals surface area (Å²) in [6, 6.07) is 8.23. The minimum atomic E-state index is 0.811. The third-order valence-electron chi connectivity index (χ3n) is 4.27. The van der Waals surface area contributed by atoms with E-state index in [4.69, 9.17) is 4.74 Å². The lowest BCUT2D eigenvalue weighted by molar-refractivity contribution is 0.0342. The van der Waals surface area contributed by atoms with Gasteiger partial charge in [0.25, 0.3) is 0 Å². The highest BCUT2D eigenvalue weighted by atomic mass is 32.1. The van der Waals surface area contributed by atoms with Crippen molar-refractivity contribution in [3.8, 4) is 10.4 Å². The molecule has 0 unspecified atom stereocenters. The van der Waals surface area contributed by atoms with Crippen LogP contribution < -0.4 is 5.32 Å². The van der Waals surface area contributed by atoms with Crippen molar-refractivity contribution in [1.82, 2.24) is 19.9 Å². The predicted molar refractivity (Wildman–Crippen MR) is 104 cm³/mol. The number of hydrogen-bond acceptors (Lipinski definition) is 7.